The monoisotopic (exact) mass is 255 g/mol. The first-order chi connectivity index (χ1) is 8.32. The molecule has 0 aromatic carbocycles. The van der Waals surface area contributed by atoms with Crippen molar-refractivity contribution >= 4 is 11.8 Å². The van der Waals surface area contributed by atoms with Gasteiger partial charge in [0.1, 0.15) is 6.04 Å². The zero-order chi connectivity index (χ0) is 13.9. The molecule has 18 heavy (non-hydrogen) atoms. The van der Waals surface area contributed by atoms with E-state index in [2.05, 4.69) is 12.2 Å². The minimum atomic E-state index is -0.609. The van der Waals surface area contributed by atoms with E-state index in [1.807, 2.05) is 13.8 Å². The van der Waals surface area contributed by atoms with Crippen molar-refractivity contribution in [2.45, 2.75) is 52.1 Å². The summed E-state index contributed by atoms with van der Waals surface area (Å²) in [4.78, 5) is 23.5. The molecule has 1 fully saturated rings. The summed E-state index contributed by atoms with van der Waals surface area (Å²) in [7, 11) is 0. The van der Waals surface area contributed by atoms with Crippen molar-refractivity contribution in [2.24, 2.45) is 29.2 Å². The van der Waals surface area contributed by atoms with Crippen LogP contribution < -0.4 is 16.8 Å². The van der Waals surface area contributed by atoms with Crippen LogP contribution in [0.25, 0.3) is 0 Å². The molecule has 0 aromatic rings. The molecule has 0 aromatic heterocycles. The Bertz CT molecular complexity index is 317. The van der Waals surface area contributed by atoms with Crippen molar-refractivity contribution in [2.75, 3.05) is 0 Å². The van der Waals surface area contributed by atoms with Crippen molar-refractivity contribution in [1.29, 1.82) is 0 Å². The molecule has 104 valence electrons. The third-order valence-electron chi connectivity index (χ3n) is 3.77. The second-order valence-corrected chi connectivity index (χ2v) is 5.82. The molecule has 5 heteroatoms. The number of amides is 2. The maximum atomic E-state index is 12.2. The van der Waals surface area contributed by atoms with E-state index in [0.29, 0.717) is 5.92 Å². The topological polar surface area (TPSA) is 98.2 Å². The molecular weight excluding hydrogens is 230 g/mol. The number of carbonyl (C=O) groups excluding carboxylic acids is 2. The van der Waals surface area contributed by atoms with Crippen molar-refractivity contribution in [3.05, 3.63) is 0 Å². The van der Waals surface area contributed by atoms with E-state index >= 15 is 0 Å². The molecular formula is C13H25N3O2. The van der Waals surface area contributed by atoms with Crippen molar-refractivity contribution in [3.63, 3.8) is 0 Å². The summed E-state index contributed by atoms with van der Waals surface area (Å²) in [6.45, 7) is 5.85. The molecule has 5 nitrogen and oxygen atoms in total. The van der Waals surface area contributed by atoms with E-state index < -0.39 is 11.9 Å². The molecule has 1 aliphatic carbocycles. The van der Waals surface area contributed by atoms with E-state index in [4.69, 9.17) is 11.5 Å². The highest BCUT2D eigenvalue weighted by molar-refractivity contribution is 5.88. The summed E-state index contributed by atoms with van der Waals surface area (Å²) in [5.41, 5.74) is 11.3. The Kier molecular flexibility index (Phi) is 5.14. The molecule has 0 bridgehead atoms. The Morgan fingerprint density at radius 2 is 1.89 bits per heavy atom. The van der Waals surface area contributed by atoms with Crippen LogP contribution in [0, 0.1) is 17.8 Å². The number of nitrogens with one attached hydrogen (secondary N) is 1. The average Bonchev–Trinajstić information content (AvgIpc) is 2.28. The number of hydrogen-bond donors (Lipinski definition) is 3. The molecule has 0 heterocycles. The van der Waals surface area contributed by atoms with Crippen LogP contribution in [0.3, 0.4) is 0 Å². The van der Waals surface area contributed by atoms with E-state index in [-0.39, 0.29) is 23.8 Å². The largest absolute Gasteiger partial charge is 0.368 e. The summed E-state index contributed by atoms with van der Waals surface area (Å²) in [6, 6.07) is -0.719. The normalized spacial score (nSPS) is 29.9. The maximum Gasteiger partial charge on any atom is 0.240 e. The molecule has 1 rings (SSSR count). The lowest BCUT2D eigenvalue weighted by Crippen LogP contribution is -2.53. The van der Waals surface area contributed by atoms with Crippen LogP contribution in [0.1, 0.15) is 40.0 Å². The Labute approximate surface area is 109 Å². The molecule has 5 N–H and O–H groups in total. The van der Waals surface area contributed by atoms with Gasteiger partial charge in [0.2, 0.25) is 11.8 Å². The predicted molar refractivity (Wildman–Crippen MR) is 70.4 cm³/mol. The fourth-order valence-electron chi connectivity index (χ4n) is 2.53. The number of nitrogens with two attached hydrogens (primary N) is 2. The van der Waals surface area contributed by atoms with Crippen LogP contribution in [0.15, 0.2) is 0 Å². The maximum absolute atomic E-state index is 12.2. The van der Waals surface area contributed by atoms with Gasteiger partial charge in [-0.1, -0.05) is 20.8 Å². The molecule has 0 radical (unpaired) electrons. The lowest BCUT2D eigenvalue weighted by atomic mass is 9.78. The van der Waals surface area contributed by atoms with Crippen molar-refractivity contribution < 1.29 is 9.59 Å². The van der Waals surface area contributed by atoms with Gasteiger partial charge in [-0.2, -0.15) is 0 Å². The van der Waals surface area contributed by atoms with Gasteiger partial charge in [0.15, 0.2) is 0 Å². The average molecular weight is 255 g/mol. The summed E-state index contributed by atoms with van der Waals surface area (Å²) in [5, 5.41) is 2.74. The Hall–Kier alpha value is -1.10. The summed E-state index contributed by atoms with van der Waals surface area (Å²) < 4.78 is 0. The standard InChI is InChI=1S/C13H25N3O2/c1-7(2)11(12(15)17)16-13(18)9-6-8(3)4-5-10(9)14/h7-11H,4-6,14H2,1-3H3,(H2,15,17)(H,16,18). The molecule has 0 aliphatic heterocycles. The Morgan fingerprint density at radius 3 is 2.39 bits per heavy atom. The number of carbonyl (C=O) groups is 2. The number of rotatable bonds is 4. The number of hydrogen-bond acceptors (Lipinski definition) is 3. The van der Waals surface area contributed by atoms with Gasteiger partial charge in [-0.3, -0.25) is 9.59 Å². The van der Waals surface area contributed by atoms with Gasteiger partial charge < -0.3 is 16.8 Å². The van der Waals surface area contributed by atoms with E-state index in [1.165, 1.54) is 0 Å². The summed E-state index contributed by atoms with van der Waals surface area (Å²) in [5.74, 6) is -0.327. The van der Waals surface area contributed by atoms with Crippen LogP contribution in [-0.2, 0) is 9.59 Å². The fourth-order valence-corrected chi connectivity index (χ4v) is 2.53. The second-order valence-electron chi connectivity index (χ2n) is 5.82. The van der Waals surface area contributed by atoms with Gasteiger partial charge >= 0.3 is 0 Å². The van der Waals surface area contributed by atoms with Gasteiger partial charge in [-0.05, 0) is 31.1 Å². The summed E-state index contributed by atoms with van der Waals surface area (Å²) >= 11 is 0. The van der Waals surface area contributed by atoms with Gasteiger partial charge in [0.05, 0.1) is 5.92 Å². The Morgan fingerprint density at radius 1 is 1.28 bits per heavy atom. The van der Waals surface area contributed by atoms with Crippen LogP contribution in [0.4, 0.5) is 0 Å². The smallest absolute Gasteiger partial charge is 0.240 e. The third kappa shape index (κ3) is 3.70. The van der Waals surface area contributed by atoms with Gasteiger partial charge in [-0.25, -0.2) is 0 Å². The lowest BCUT2D eigenvalue weighted by molar-refractivity contribution is -0.132. The molecule has 0 saturated heterocycles. The predicted octanol–water partition coefficient (Wildman–Crippen LogP) is 0.376. The van der Waals surface area contributed by atoms with Gasteiger partial charge in [0.25, 0.3) is 0 Å². The summed E-state index contributed by atoms with van der Waals surface area (Å²) in [6.07, 6.45) is 2.72. The highest BCUT2D eigenvalue weighted by Crippen LogP contribution is 2.28. The molecule has 1 aliphatic rings. The van der Waals surface area contributed by atoms with E-state index in [0.717, 1.165) is 19.3 Å². The minimum absolute atomic E-state index is 0.0105. The van der Waals surface area contributed by atoms with E-state index in [1.54, 1.807) is 0 Å². The first kappa shape index (κ1) is 15.0. The van der Waals surface area contributed by atoms with Crippen molar-refractivity contribution in [3.8, 4) is 0 Å². The minimum Gasteiger partial charge on any atom is -0.368 e. The highest BCUT2D eigenvalue weighted by Gasteiger charge is 2.33. The van der Waals surface area contributed by atoms with Crippen LogP contribution in [0.5, 0.6) is 0 Å². The first-order valence-electron chi connectivity index (χ1n) is 6.68. The van der Waals surface area contributed by atoms with Gasteiger partial charge in [0, 0.05) is 6.04 Å². The molecule has 1 saturated carbocycles. The molecule has 4 atom stereocenters. The molecule has 0 spiro atoms. The van der Waals surface area contributed by atoms with Gasteiger partial charge in [-0.15, -0.1) is 0 Å². The second kappa shape index (κ2) is 6.18. The zero-order valence-corrected chi connectivity index (χ0v) is 11.5. The van der Waals surface area contributed by atoms with E-state index in [9.17, 15) is 9.59 Å². The zero-order valence-electron chi connectivity index (χ0n) is 11.5. The Balaban J connectivity index is 2.65. The van der Waals surface area contributed by atoms with Crippen LogP contribution >= 0.6 is 0 Å². The highest BCUT2D eigenvalue weighted by atomic mass is 16.2. The molecule has 4 unspecified atom stereocenters. The van der Waals surface area contributed by atoms with Crippen LogP contribution in [0.2, 0.25) is 0 Å². The first-order valence-corrected chi connectivity index (χ1v) is 6.68. The third-order valence-corrected chi connectivity index (χ3v) is 3.77. The van der Waals surface area contributed by atoms with Crippen molar-refractivity contribution in [1.82, 2.24) is 5.32 Å². The molecule has 2 amide bonds. The lowest BCUT2D eigenvalue weighted by Gasteiger charge is -2.32. The quantitative estimate of drug-likeness (QED) is 0.677. The number of primary amides is 1. The fraction of sp³-hybridized carbons (Fsp3) is 0.846. The SMILES string of the molecule is CC1CCC(N)C(C(=O)NC(C(N)=O)C(C)C)C1. The van der Waals surface area contributed by atoms with Crippen LogP contribution in [-0.4, -0.2) is 23.9 Å².